The fourth-order valence-corrected chi connectivity index (χ4v) is 2.48. The van der Waals surface area contributed by atoms with Crippen LogP contribution in [0, 0.1) is 0 Å². The highest BCUT2D eigenvalue weighted by atomic mass is 16.6. The minimum absolute atomic E-state index is 0.0760. The Balaban J connectivity index is 1.78. The molecule has 2 heterocycles. The van der Waals surface area contributed by atoms with Crippen LogP contribution < -0.4 is 10.7 Å². The van der Waals surface area contributed by atoms with Crippen LogP contribution in [0.1, 0.15) is 11.3 Å². The minimum atomic E-state index is -0.655. The molecule has 9 heteroatoms. The Labute approximate surface area is 154 Å². The molecule has 2 aromatic heterocycles. The molecular formula is C18H19N5O4. The lowest BCUT2D eigenvalue weighted by atomic mass is 10.1. The van der Waals surface area contributed by atoms with Crippen molar-refractivity contribution in [2.75, 3.05) is 18.5 Å². The van der Waals surface area contributed by atoms with Gasteiger partial charge in [-0.15, -0.1) is 0 Å². The third-order valence-electron chi connectivity index (χ3n) is 3.71. The number of hydrogen-bond acceptors (Lipinski definition) is 6. The smallest absolute Gasteiger partial charge is 0.411 e. The predicted octanol–water partition coefficient (Wildman–Crippen LogP) is 1.10. The molecule has 1 amide bonds. The van der Waals surface area contributed by atoms with E-state index >= 15 is 0 Å². The summed E-state index contributed by atoms with van der Waals surface area (Å²) in [4.78, 5) is 23.8. The van der Waals surface area contributed by atoms with Gasteiger partial charge in [-0.2, -0.15) is 10.2 Å². The molecule has 140 valence electrons. The lowest BCUT2D eigenvalue weighted by molar-refractivity contribution is 0.131. The Kier molecular flexibility index (Phi) is 5.62. The number of aromatic nitrogens is 4. The van der Waals surface area contributed by atoms with Gasteiger partial charge in [-0.3, -0.25) is 14.8 Å². The van der Waals surface area contributed by atoms with Crippen molar-refractivity contribution in [1.82, 2.24) is 19.6 Å². The van der Waals surface area contributed by atoms with Crippen molar-refractivity contribution in [2.24, 2.45) is 7.05 Å². The number of amides is 1. The van der Waals surface area contributed by atoms with Crippen LogP contribution in [-0.4, -0.2) is 44.0 Å². The summed E-state index contributed by atoms with van der Waals surface area (Å²) in [6.07, 6.45) is 4.70. The van der Waals surface area contributed by atoms with Gasteiger partial charge in [0, 0.05) is 31.4 Å². The minimum Gasteiger partial charge on any atom is -0.447 e. The zero-order valence-corrected chi connectivity index (χ0v) is 14.7. The Morgan fingerprint density at radius 1 is 1.33 bits per heavy atom. The quantitative estimate of drug-likeness (QED) is 0.673. The maximum atomic E-state index is 12.2. The first-order valence-electron chi connectivity index (χ1n) is 8.26. The van der Waals surface area contributed by atoms with E-state index < -0.39 is 6.09 Å². The topological polar surface area (TPSA) is 111 Å². The molecule has 0 spiro atoms. The Hall–Kier alpha value is -3.46. The first-order chi connectivity index (χ1) is 13.0. The number of benzene rings is 1. The van der Waals surface area contributed by atoms with Gasteiger partial charge in [-0.25, -0.2) is 9.48 Å². The molecule has 0 fully saturated rings. The molecule has 27 heavy (non-hydrogen) atoms. The lowest BCUT2D eigenvalue weighted by Gasteiger charge is -2.08. The molecule has 0 aliphatic heterocycles. The van der Waals surface area contributed by atoms with Gasteiger partial charge in [-0.05, 0) is 17.7 Å². The number of carbonyl (C=O) groups excluding carboxylic acids is 1. The van der Waals surface area contributed by atoms with Crippen LogP contribution >= 0.6 is 0 Å². The Morgan fingerprint density at radius 2 is 2.19 bits per heavy atom. The number of nitrogens with zero attached hydrogens (tertiary/aromatic N) is 4. The molecule has 0 bridgehead atoms. The number of hydrogen-bond donors (Lipinski definition) is 2. The highest BCUT2D eigenvalue weighted by Crippen LogP contribution is 2.13. The van der Waals surface area contributed by atoms with Gasteiger partial charge in [0.25, 0.3) is 0 Å². The summed E-state index contributed by atoms with van der Waals surface area (Å²) in [6, 6.07) is 8.51. The van der Waals surface area contributed by atoms with Crippen molar-refractivity contribution in [2.45, 2.75) is 6.42 Å². The molecule has 1 aromatic carbocycles. The summed E-state index contributed by atoms with van der Waals surface area (Å²) >= 11 is 0. The lowest BCUT2D eigenvalue weighted by Crippen LogP contribution is -2.17. The molecule has 2 N–H and O–H groups in total. The van der Waals surface area contributed by atoms with Crippen molar-refractivity contribution in [3.8, 4) is 5.69 Å². The van der Waals surface area contributed by atoms with Crippen molar-refractivity contribution in [1.29, 1.82) is 0 Å². The zero-order chi connectivity index (χ0) is 19.2. The van der Waals surface area contributed by atoms with E-state index in [0.717, 1.165) is 11.3 Å². The molecule has 0 aliphatic carbocycles. The maximum Gasteiger partial charge on any atom is 0.411 e. The first kappa shape index (κ1) is 18.3. The van der Waals surface area contributed by atoms with Crippen molar-refractivity contribution in [3.63, 3.8) is 0 Å². The van der Waals surface area contributed by atoms with Crippen LogP contribution in [0.2, 0.25) is 0 Å². The molecule has 0 aliphatic rings. The fourth-order valence-electron chi connectivity index (χ4n) is 2.48. The second-order valence-corrected chi connectivity index (χ2v) is 5.81. The number of nitrogens with one attached hydrogen (secondary N) is 1. The summed E-state index contributed by atoms with van der Waals surface area (Å²) in [5, 5.41) is 19.7. The SMILES string of the molecule is Cn1cc(-n2ccc(=O)c(Cc3cccc(NC(=O)OCCO)c3)n2)cn1. The summed E-state index contributed by atoms with van der Waals surface area (Å²) in [6.45, 7) is -0.316. The molecule has 0 saturated carbocycles. The van der Waals surface area contributed by atoms with E-state index in [1.807, 2.05) is 6.07 Å². The molecule has 0 unspecified atom stereocenters. The van der Waals surface area contributed by atoms with Gasteiger partial charge < -0.3 is 9.84 Å². The highest BCUT2D eigenvalue weighted by Gasteiger charge is 2.08. The fraction of sp³-hybridized carbons (Fsp3) is 0.222. The van der Waals surface area contributed by atoms with Crippen LogP contribution in [-0.2, 0) is 18.2 Å². The number of rotatable bonds is 6. The zero-order valence-electron chi connectivity index (χ0n) is 14.7. The summed E-state index contributed by atoms with van der Waals surface area (Å²) < 4.78 is 8.01. The van der Waals surface area contributed by atoms with Gasteiger partial charge in [0.2, 0.25) is 5.43 Å². The average Bonchev–Trinajstić information content (AvgIpc) is 3.08. The number of carbonyl (C=O) groups is 1. The first-order valence-corrected chi connectivity index (χ1v) is 8.26. The third-order valence-corrected chi connectivity index (χ3v) is 3.71. The largest absolute Gasteiger partial charge is 0.447 e. The summed E-state index contributed by atoms with van der Waals surface area (Å²) in [5.41, 5.74) is 2.29. The Bertz CT molecular complexity index is 995. The molecule has 0 radical (unpaired) electrons. The molecular weight excluding hydrogens is 350 g/mol. The van der Waals surface area contributed by atoms with E-state index in [9.17, 15) is 9.59 Å². The van der Waals surface area contributed by atoms with Crippen molar-refractivity contribution >= 4 is 11.8 Å². The second-order valence-electron chi connectivity index (χ2n) is 5.81. The van der Waals surface area contributed by atoms with Gasteiger partial charge in [0.15, 0.2) is 0 Å². The molecule has 0 atom stereocenters. The van der Waals surface area contributed by atoms with Crippen LogP contribution in [0.25, 0.3) is 5.69 Å². The van der Waals surface area contributed by atoms with Crippen LogP contribution in [0.5, 0.6) is 0 Å². The van der Waals surface area contributed by atoms with Crippen LogP contribution in [0.15, 0.2) is 53.7 Å². The van der Waals surface area contributed by atoms with Gasteiger partial charge in [-0.1, -0.05) is 12.1 Å². The number of aliphatic hydroxyl groups is 1. The van der Waals surface area contributed by atoms with E-state index in [4.69, 9.17) is 9.84 Å². The standard InChI is InChI=1S/C18H19N5O4/c1-22-12-15(11-19-22)23-6-5-17(25)16(21-23)10-13-3-2-4-14(9-13)20-18(26)27-8-7-24/h2-6,9,11-12,24H,7-8,10H2,1H3,(H,20,26). The summed E-state index contributed by atoms with van der Waals surface area (Å²) in [5.74, 6) is 0. The third kappa shape index (κ3) is 4.79. The van der Waals surface area contributed by atoms with E-state index in [2.05, 4.69) is 15.5 Å². The number of aryl methyl sites for hydroxylation is 1. The second kappa shape index (κ2) is 8.28. The molecule has 3 rings (SSSR count). The van der Waals surface area contributed by atoms with Crippen molar-refractivity contribution in [3.05, 3.63) is 70.4 Å². The highest BCUT2D eigenvalue weighted by molar-refractivity contribution is 5.84. The summed E-state index contributed by atoms with van der Waals surface area (Å²) in [7, 11) is 1.80. The number of ether oxygens (including phenoxy) is 1. The molecule has 9 nitrogen and oxygen atoms in total. The van der Waals surface area contributed by atoms with Gasteiger partial charge >= 0.3 is 6.09 Å². The van der Waals surface area contributed by atoms with E-state index in [0.29, 0.717) is 17.8 Å². The van der Waals surface area contributed by atoms with E-state index in [-0.39, 0.29) is 18.6 Å². The molecule has 0 saturated heterocycles. The number of anilines is 1. The Morgan fingerprint density at radius 3 is 2.93 bits per heavy atom. The normalized spacial score (nSPS) is 10.6. The van der Waals surface area contributed by atoms with Crippen molar-refractivity contribution < 1.29 is 14.6 Å². The molecule has 3 aromatic rings. The van der Waals surface area contributed by atoms with Crippen LogP contribution in [0.4, 0.5) is 10.5 Å². The average molecular weight is 369 g/mol. The monoisotopic (exact) mass is 369 g/mol. The van der Waals surface area contributed by atoms with Gasteiger partial charge in [0.1, 0.15) is 18.0 Å². The van der Waals surface area contributed by atoms with E-state index in [1.165, 1.54) is 6.07 Å². The predicted molar refractivity (Wildman–Crippen MR) is 97.9 cm³/mol. The van der Waals surface area contributed by atoms with Gasteiger partial charge in [0.05, 0.1) is 19.0 Å². The van der Waals surface area contributed by atoms with Crippen LogP contribution in [0.3, 0.4) is 0 Å². The maximum absolute atomic E-state index is 12.2. The van der Waals surface area contributed by atoms with E-state index in [1.54, 1.807) is 53.2 Å². The number of aliphatic hydroxyl groups excluding tert-OH is 1.